The van der Waals surface area contributed by atoms with Crippen LogP contribution >= 0.6 is 0 Å². The van der Waals surface area contributed by atoms with Gasteiger partial charge in [-0.25, -0.2) is 12.8 Å². The fourth-order valence-electron chi connectivity index (χ4n) is 3.24. The topological polar surface area (TPSA) is 84.9 Å². The average molecular weight is 456 g/mol. The van der Waals surface area contributed by atoms with Crippen LogP contribution in [0.4, 0.5) is 10.1 Å². The lowest BCUT2D eigenvalue weighted by molar-refractivity contribution is -0.116. The molecule has 0 radical (unpaired) electrons. The molecule has 1 heterocycles. The van der Waals surface area contributed by atoms with Crippen molar-refractivity contribution >= 4 is 21.6 Å². The second-order valence-corrected chi connectivity index (χ2v) is 9.06. The van der Waals surface area contributed by atoms with Gasteiger partial charge in [-0.3, -0.25) is 4.79 Å². The highest BCUT2D eigenvalue weighted by Crippen LogP contribution is 2.32. The number of amides is 1. The molecule has 0 fully saturated rings. The van der Waals surface area contributed by atoms with E-state index >= 15 is 0 Å². The molecule has 7 nitrogen and oxygen atoms in total. The maximum absolute atomic E-state index is 13.3. The molecule has 0 bridgehead atoms. The number of ether oxygens (including phenoxy) is 2. The number of hydrogen-bond acceptors (Lipinski definition) is 5. The monoisotopic (exact) mass is 456 g/mol. The van der Waals surface area contributed by atoms with Gasteiger partial charge in [0.1, 0.15) is 19.0 Å². The second-order valence-electron chi connectivity index (χ2n) is 7.12. The molecule has 1 N–H and O–H groups in total. The molecule has 0 aliphatic carbocycles. The summed E-state index contributed by atoms with van der Waals surface area (Å²) in [5, 5.41) is 2.70. The number of anilines is 1. The van der Waals surface area contributed by atoms with E-state index < -0.39 is 28.3 Å². The number of hydrogen-bond donors (Lipinski definition) is 1. The summed E-state index contributed by atoms with van der Waals surface area (Å²) >= 11 is 0. The van der Waals surface area contributed by atoms with Crippen molar-refractivity contribution in [3.05, 3.63) is 84.2 Å². The third-order valence-electron chi connectivity index (χ3n) is 4.80. The molecule has 3 aromatic rings. The zero-order valence-electron chi connectivity index (χ0n) is 17.0. The maximum Gasteiger partial charge on any atom is 0.243 e. The summed E-state index contributed by atoms with van der Waals surface area (Å²) in [5.74, 6) is 0.138. The van der Waals surface area contributed by atoms with Crippen LogP contribution in [-0.2, 0) is 21.4 Å². The number of rotatable bonds is 7. The molecule has 9 heteroatoms. The van der Waals surface area contributed by atoms with Crippen LogP contribution in [0.5, 0.6) is 11.5 Å². The molecule has 4 rings (SSSR count). The minimum atomic E-state index is -3.98. The van der Waals surface area contributed by atoms with Gasteiger partial charge in [0.05, 0.1) is 11.4 Å². The Morgan fingerprint density at radius 2 is 1.62 bits per heavy atom. The summed E-state index contributed by atoms with van der Waals surface area (Å²) in [6, 6.07) is 18.3. The second kappa shape index (κ2) is 9.37. The number of carbonyl (C=O) groups excluding carboxylic acids is 1. The number of carbonyl (C=O) groups is 1. The highest BCUT2D eigenvalue weighted by Gasteiger charge is 2.27. The van der Waals surface area contributed by atoms with E-state index in [9.17, 15) is 17.6 Å². The van der Waals surface area contributed by atoms with E-state index in [4.69, 9.17) is 9.47 Å². The zero-order chi connectivity index (χ0) is 22.6. The van der Waals surface area contributed by atoms with Crippen molar-refractivity contribution in [2.24, 2.45) is 0 Å². The van der Waals surface area contributed by atoms with Crippen LogP contribution in [-0.4, -0.2) is 38.4 Å². The number of benzene rings is 3. The minimum absolute atomic E-state index is 0.0641. The summed E-state index contributed by atoms with van der Waals surface area (Å²) < 4.78 is 51.8. The first-order valence-corrected chi connectivity index (χ1v) is 11.3. The van der Waals surface area contributed by atoms with E-state index in [0.717, 1.165) is 4.31 Å². The van der Waals surface area contributed by atoms with E-state index in [0.29, 0.717) is 36.0 Å². The zero-order valence-corrected chi connectivity index (χ0v) is 17.8. The summed E-state index contributed by atoms with van der Waals surface area (Å²) in [5.41, 5.74) is 1.01. The molecule has 0 unspecified atom stereocenters. The number of fused-ring (bicyclic) bond motifs is 1. The summed E-state index contributed by atoms with van der Waals surface area (Å²) in [7, 11) is -3.98. The van der Waals surface area contributed by atoms with Crippen molar-refractivity contribution in [1.82, 2.24) is 4.31 Å². The van der Waals surface area contributed by atoms with Gasteiger partial charge in [-0.1, -0.05) is 30.3 Å². The van der Waals surface area contributed by atoms with Crippen molar-refractivity contribution < 1.29 is 27.1 Å². The SMILES string of the molecule is O=C(CN(Cc1ccc(F)cc1)S(=O)(=O)c1ccccc1)Nc1ccc2c(c1)OCCO2. The average Bonchev–Trinajstić information content (AvgIpc) is 2.80. The number of sulfonamides is 1. The van der Waals surface area contributed by atoms with Gasteiger partial charge in [-0.2, -0.15) is 4.31 Å². The normalized spacial score (nSPS) is 13.1. The third-order valence-corrected chi connectivity index (χ3v) is 6.60. The van der Waals surface area contributed by atoms with Gasteiger partial charge < -0.3 is 14.8 Å². The first-order valence-electron chi connectivity index (χ1n) is 9.91. The molecule has 1 aliphatic heterocycles. The number of nitrogens with one attached hydrogen (secondary N) is 1. The highest BCUT2D eigenvalue weighted by molar-refractivity contribution is 7.89. The van der Waals surface area contributed by atoms with Gasteiger partial charge in [-0.05, 0) is 42.0 Å². The van der Waals surface area contributed by atoms with Gasteiger partial charge in [0.2, 0.25) is 15.9 Å². The Morgan fingerprint density at radius 1 is 0.938 bits per heavy atom. The molecule has 0 aromatic heterocycles. The lowest BCUT2D eigenvalue weighted by Crippen LogP contribution is -2.37. The van der Waals surface area contributed by atoms with Crippen LogP contribution < -0.4 is 14.8 Å². The van der Waals surface area contributed by atoms with Gasteiger partial charge in [0, 0.05) is 18.3 Å². The number of nitrogens with zero attached hydrogens (tertiary/aromatic N) is 1. The molecule has 32 heavy (non-hydrogen) atoms. The molecule has 166 valence electrons. The Morgan fingerprint density at radius 3 is 2.34 bits per heavy atom. The van der Waals surface area contributed by atoms with Gasteiger partial charge in [0.15, 0.2) is 11.5 Å². The molecular weight excluding hydrogens is 435 g/mol. The maximum atomic E-state index is 13.3. The minimum Gasteiger partial charge on any atom is -0.486 e. The standard InChI is InChI=1S/C23H21FN2O5S/c24-18-8-6-17(7-9-18)15-26(32(28,29)20-4-2-1-3-5-20)16-23(27)25-19-10-11-21-22(14-19)31-13-12-30-21/h1-11,14H,12-13,15-16H2,(H,25,27). The van der Waals surface area contributed by atoms with Crippen molar-refractivity contribution in [3.63, 3.8) is 0 Å². The van der Waals surface area contributed by atoms with Crippen molar-refractivity contribution in [3.8, 4) is 11.5 Å². The Labute approximate surface area is 185 Å². The Balaban J connectivity index is 1.55. The van der Waals surface area contributed by atoms with Gasteiger partial charge in [-0.15, -0.1) is 0 Å². The van der Waals surface area contributed by atoms with E-state index in [1.165, 1.54) is 36.4 Å². The fraction of sp³-hybridized carbons (Fsp3) is 0.174. The Kier molecular flexibility index (Phi) is 6.38. The van der Waals surface area contributed by atoms with E-state index in [2.05, 4.69) is 5.32 Å². The smallest absolute Gasteiger partial charge is 0.243 e. The summed E-state index contributed by atoms with van der Waals surface area (Å²) in [4.78, 5) is 12.8. The molecular formula is C23H21FN2O5S. The van der Waals surface area contributed by atoms with Crippen LogP contribution in [0, 0.1) is 5.82 Å². The number of halogens is 1. The van der Waals surface area contributed by atoms with Crippen LogP contribution in [0.15, 0.2) is 77.7 Å². The molecule has 0 saturated carbocycles. The van der Waals surface area contributed by atoms with E-state index in [1.54, 1.807) is 36.4 Å². The summed E-state index contributed by atoms with van der Waals surface area (Å²) in [6.07, 6.45) is 0. The summed E-state index contributed by atoms with van der Waals surface area (Å²) in [6.45, 7) is 0.342. The highest BCUT2D eigenvalue weighted by atomic mass is 32.2. The quantitative estimate of drug-likeness (QED) is 0.589. The molecule has 1 aliphatic rings. The third kappa shape index (κ3) is 5.06. The first kappa shape index (κ1) is 21.8. The van der Waals surface area contributed by atoms with E-state index in [1.807, 2.05) is 0 Å². The lowest BCUT2D eigenvalue weighted by Gasteiger charge is -2.22. The Bertz CT molecular complexity index is 1200. The molecule has 3 aromatic carbocycles. The largest absolute Gasteiger partial charge is 0.486 e. The lowest BCUT2D eigenvalue weighted by atomic mass is 10.2. The molecule has 0 spiro atoms. The predicted molar refractivity (Wildman–Crippen MR) is 116 cm³/mol. The first-order chi connectivity index (χ1) is 15.4. The van der Waals surface area contributed by atoms with E-state index in [-0.39, 0.29) is 11.4 Å². The fourth-order valence-corrected chi connectivity index (χ4v) is 4.65. The van der Waals surface area contributed by atoms with Gasteiger partial charge >= 0.3 is 0 Å². The van der Waals surface area contributed by atoms with Crippen LogP contribution in [0.3, 0.4) is 0 Å². The van der Waals surface area contributed by atoms with Gasteiger partial charge in [0.25, 0.3) is 0 Å². The van der Waals surface area contributed by atoms with Crippen LogP contribution in [0.1, 0.15) is 5.56 Å². The Hall–Kier alpha value is -3.43. The van der Waals surface area contributed by atoms with Crippen LogP contribution in [0.25, 0.3) is 0 Å². The van der Waals surface area contributed by atoms with Crippen molar-refractivity contribution in [2.75, 3.05) is 25.1 Å². The molecule has 0 saturated heterocycles. The molecule has 0 atom stereocenters. The molecule has 1 amide bonds. The predicted octanol–water partition coefficient (Wildman–Crippen LogP) is 3.43. The van der Waals surface area contributed by atoms with Crippen molar-refractivity contribution in [1.29, 1.82) is 0 Å². The van der Waals surface area contributed by atoms with Crippen LogP contribution in [0.2, 0.25) is 0 Å². The van der Waals surface area contributed by atoms with Crippen molar-refractivity contribution in [2.45, 2.75) is 11.4 Å².